The summed E-state index contributed by atoms with van der Waals surface area (Å²) >= 11 is 3.79. The second-order valence-corrected chi connectivity index (χ2v) is 6.72. The highest BCUT2D eigenvalue weighted by atomic mass is 32.2. The number of carbonyl (C=O) groups is 2. The van der Waals surface area contributed by atoms with Crippen molar-refractivity contribution in [3.8, 4) is 0 Å². The van der Waals surface area contributed by atoms with Crippen molar-refractivity contribution in [2.24, 2.45) is 0 Å². The molecule has 0 saturated carbocycles. The Kier molecular flexibility index (Phi) is 5.15. The van der Waals surface area contributed by atoms with Crippen LogP contribution in [0.2, 0.25) is 0 Å². The van der Waals surface area contributed by atoms with Gasteiger partial charge in [-0.3, -0.25) is 4.79 Å². The molecule has 6 heteroatoms. The fraction of sp³-hybridized carbons (Fsp3) is 0.385. The van der Waals surface area contributed by atoms with Crippen molar-refractivity contribution in [1.82, 2.24) is 5.32 Å². The average molecular weight is 297 g/mol. The minimum Gasteiger partial charge on any atom is -0.478 e. The molecular formula is C13H15NO3S2. The van der Waals surface area contributed by atoms with Gasteiger partial charge in [-0.25, -0.2) is 4.79 Å². The first kappa shape index (κ1) is 14.3. The maximum Gasteiger partial charge on any atom is 0.335 e. The van der Waals surface area contributed by atoms with Gasteiger partial charge in [0.1, 0.15) is 0 Å². The Morgan fingerprint density at radius 1 is 1.32 bits per heavy atom. The molecule has 1 aliphatic heterocycles. The molecule has 102 valence electrons. The van der Waals surface area contributed by atoms with Crippen LogP contribution >= 0.6 is 23.5 Å². The maximum absolute atomic E-state index is 11.9. The van der Waals surface area contributed by atoms with E-state index in [-0.39, 0.29) is 11.5 Å². The van der Waals surface area contributed by atoms with Crippen LogP contribution in [0.5, 0.6) is 0 Å². The Bertz CT molecular complexity index is 473. The minimum atomic E-state index is -1.02. The number of aromatic carboxylic acids is 1. The summed E-state index contributed by atoms with van der Waals surface area (Å²) in [5.41, 5.74) is 0.531. The summed E-state index contributed by atoms with van der Waals surface area (Å²) in [7, 11) is 0. The van der Waals surface area contributed by atoms with Crippen LogP contribution in [0.3, 0.4) is 0 Å². The number of rotatable bonds is 4. The van der Waals surface area contributed by atoms with E-state index in [4.69, 9.17) is 5.11 Å². The fourth-order valence-electron chi connectivity index (χ4n) is 1.76. The first-order valence-electron chi connectivity index (χ1n) is 5.97. The van der Waals surface area contributed by atoms with E-state index in [0.717, 1.165) is 11.5 Å². The van der Waals surface area contributed by atoms with E-state index in [0.29, 0.717) is 17.4 Å². The number of nitrogens with one attached hydrogen (secondary N) is 1. The monoisotopic (exact) mass is 297 g/mol. The van der Waals surface area contributed by atoms with Crippen LogP contribution in [0.15, 0.2) is 24.3 Å². The highest BCUT2D eigenvalue weighted by Crippen LogP contribution is 2.23. The first-order valence-corrected chi connectivity index (χ1v) is 8.18. The number of hydrogen-bond donors (Lipinski definition) is 2. The number of carboxylic acid groups (broad SMARTS) is 1. The summed E-state index contributed by atoms with van der Waals surface area (Å²) in [6.07, 6.45) is 0. The predicted molar refractivity (Wildman–Crippen MR) is 79.3 cm³/mol. The number of carbonyl (C=O) groups excluding carboxylic acids is 1. The standard InChI is InChI=1S/C13H15NO3S2/c15-12(14-7-11-8-18-4-5-19-11)9-2-1-3-10(6-9)13(16)17/h1-3,6,11H,4-5,7-8H2,(H,14,15)(H,16,17). The lowest BCUT2D eigenvalue weighted by Crippen LogP contribution is -2.33. The van der Waals surface area contributed by atoms with Crippen molar-refractivity contribution in [2.75, 3.05) is 23.8 Å². The first-order chi connectivity index (χ1) is 9.16. The number of benzene rings is 1. The molecule has 0 aromatic heterocycles. The molecule has 4 nitrogen and oxygen atoms in total. The molecule has 1 atom stereocenters. The summed E-state index contributed by atoms with van der Waals surface area (Å²) in [5, 5.41) is 12.2. The quantitative estimate of drug-likeness (QED) is 0.889. The maximum atomic E-state index is 11.9. The van der Waals surface area contributed by atoms with Crippen molar-refractivity contribution in [3.63, 3.8) is 0 Å². The molecule has 1 aromatic carbocycles. The Labute approximate surface area is 120 Å². The molecule has 0 aliphatic carbocycles. The second-order valence-electron chi connectivity index (χ2n) is 4.16. The average Bonchev–Trinajstić information content (AvgIpc) is 2.46. The summed E-state index contributed by atoms with van der Waals surface area (Å²) in [6.45, 7) is 0.633. The van der Waals surface area contributed by atoms with Gasteiger partial charge in [-0.1, -0.05) is 6.07 Å². The molecule has 1 unspecified atom stereocenters. The van der Waals surface area contributed by atoms with Crippen molar-refractivity contribution >= 4 is 35.4 Å². The molecule has 0 bridgehead atoms. The molecule has 1 aliphatic rings. The van der Waals surface area contributed by atoms with Gasteiger partial charge in [-0.05, 0) is 18.2 Å². The van der Waals surface area contributed by atoms with Gasteiger partial charge in [0.15, 0.2) is 0 Å². The van der Waals surface area contributed by atoms with E-state index in [1.165, 1.54) is 17.9 Å². The van der Waals surface area contributed by atoms with Crippen LogP contribution in [0.1, 0.15) is 20.7 Å². The molecule has 1 amide bonds. The lowest BCUT2D eigenvalue weighted by atomic mass is 10.1. The lowest BCUT2D eigenvalue weighted by molar-refractivity contribution is 0.0697. The molecule has 1 saturated heterocycles. The molecule has 1 heterocycles. The molecule has 0 radical (unpaired) electrons. The lowest BCUT2D eigenvalue weighted by Gasteiger charge is -2.21. The van der Waals surface area contributed by atoms with Crippen molar-refractivity contribution < 1.29 is 14.7 Å². The van der Waals surface area contributed by atoms with Crippen molar-refractivity contribution in [2.45, 2.75) is 5.25 Å². The van der Waals surface area contributed by atoms with E-state index in [9.17, 15) is 9.59 Å². The van der Waals surface area contributed by atoms with Gasteiger partial charge in [0.05, 0.1) is 5.56 Å². The molecule has 2 N–H and O–H groups in total. The molecule has 19 heavy (non-hydrogen) atoms. The van der Waals surface area contributed by atoms with Crippen LogP contribution in [0, 0.1) is 0 Å². The number of carboxylic acids is 1. The highest BCUT2D eigenvalue weighted by molar-refractivity contribution is 8.06. The van der Waals surface area contributed by atoms with Gasteiger partial charge in [0, 0.05) is 34.6 Å². The molecule has 1 fully saturated rings. The van der Waals surface area contributed by atoms with Crippen LogP contribution in [-0.4, -0.2) is 46.0 Å². The number of hydrogen-bond acceptors (Lipinski definition) is 4. The Morgan fingerprint density at radius 3 is 2.79 bits per heavy atom. The zero-order valence-electron chi connectivity index (χ0n) is 10.3. The van der Waals surface area contributed by atoms with Crippen LogP contribution in [0.4, 0.5) is 0 Å². The summed E-state index contributed by atoms with van der Waals surface area (Å²) < 4.78 is 0. The van der Waals surface area contributed by atoms with E-state index in [1.54, 1.807) is 12.1 Å². The number of thioether (sulfide) groups is 2. The number of amides is 1. The zero-order valence-corrected chi connectivity index (χ0v) is 11.9. The van der Waals surface area contributed by atoms with Gasteiger partial charge in [-0.2, -0.15) is 23.5 Å². The largest absolute Gasteiger partial charge is 0.478 e. The van der Waals surface area contributed by atoms with Crippen LogP contribution in [0.25, 0.3) is 0 Å². The fourth-order valence-corrected chi connectivity index (χ4v) is 4.37. The van der Waals surface area contributed by atoms with E-state index >= 15 is 0 Å². The van der Waals surface area contributed by atoms with Crippen LogP contribution < -0.4 is 5.32 Å². The zero-order chi connectivity index (χ0) is 13.7. The third kappa shape index (κ3) is 4.18. The van der Waals surface area contributed by atoms with Gasteiger partial charge in [0.25, 0.3) is 5.91 Å². The molecular weight excluding hydrogens is 282 g/mol. The molecule has 0 spiro atoms. The Morgan fingerprint density at radius 2 is 2.11 bits per heavy atom. The van der Waals surface area contributed by atoms with Gasteiger partial charge in [-0.15, -0.1) is 0 Å². The highest BCUT2D eigenvalue weighted by Gasteiger charge is 2.16. The van der Waals surface area contributed by atoms with Gasteiger partial charge < -0.3 is 10.4 Å². The Hall–Kier alpha value is -1.14. The SMILES string of the molecule is O=C(O)c1cccc(C(=O)NCC2CSCCS2)c1. The second kappa shape index (κ2) is 6.86. The Balaban J connectivity index is 1.92. The van der Waals surface area contributed by atoms with E-state index in [2.05, 4.69) is 5.32 Å². The molecule has 2 rings (SSSR count). The van der Waals surface area contributed by atoms with Crippen molar-refractivity contribution in [1.29, 1.82) is 0 Å². The minimum absolute atomic E-state index is 0.134. The third-order valence-electron chi connectivity index (χ3n) is 2.75. The van der Waals surface area contributed by atoms with E-state index in [1.807, 2.05) is 23.5 Å². The summed E-state index contributed by atoms with van der Waals surface area (Å²) in [6, 6.07) is 6.10. The van der Waals surface area contributed by atoms with Gasteiger partial charge >= 0.3 is 5.97 Å². The van der Waals surface area contributed by atoms with Crippen LogP contribution in [-0.2, 0) is 0 Å². The normalized spacial score (nSPS) is 18.8. The topological polar surface area (TPSA) is 66.4 Å². The smallest absolute Gasteiger partial charge is 0.335 e. The van der Waals surface area contributed by atoms with E-state index < -0.39 is 5.97 Å². The summed E-state index contributed by atoms with van der Waals surface area (Å²) in [4.78, 5) is 22.8. The predicted octanol–water partition coefficient (Wildman–Crippen LogP) is 1.96. The van der Waals surface area contributed by atoms with Crippen molar-refractivity contribution in [3.05, 3.63) is 35.4 Å². The summed E-state index contributed by atoms with van der Waals surface area (Å²) in [5.74, 6) is 2.13. The third-order valence-corrected chi connectivity index (χ3v) is 5.59. The van der Waals surface area contributed by atoms with Gasteiger partial charge in [0.2, 0.25) is 0 Å². The molecule has 1 aromatic rings.